The molecule has 0 amide bonds. The number of hydrogen-bond acceptors (Lipinski definition) is 4. The minimum atomic E-state index is 0.835. The zero-order valence-electron chi connectivity index (χ0n) is 12.3. The maximum Gasteiger partial charge on any atom is 0.127 e. The monoisotopic (exact) mass is 271 g/mol. The quantitative estimate of drug-likeness (QED) is 0.809. The van der Waals surface area contributed by atoms with E-state index in [2.05, 4.69) is 41.0 Å². The molecule has 4 heteroatoms. The summed E-state index contributed by atoms with van der Waals surface area (Å²) in [4.78, 5) is 10.9. The van der Waals surface area contributed by atoms with Gasteiger partial charge < -0.3 is 4.74 Å². The highest BCUT2D eigenvalue weighted by atomic mass is 16.5. The van der Waals surface area contributed by atoms with Crippen molar-refractivity contribution in [2.75, 3.05) is 14.2 Å². The van der Waals surface area contributed by atoms with Gasteiger partial charge in [-0.2, -0.15) is 0 Å². The van der Waals surface area contributed by atoms with Crippen LogP contribution in [0.1, 0.15) is 23.9 Å². The molecule has 1 aromatic carbocycles. The molecule has 4 nitrogen and oxygen atoms in total. The topological polar surface area (TPSA) is 38.2 Å². The van der Waals surface area contributed by atoms with E-state index in [-0.39, 0.29) is 0 Å². The van der Waals surface area contributed by atoms with Crippen LogP contribution in [0.3, 0.4) is 0 Å². The molecule has 1 heterocycles. The lowest BCUT2D eigenvalue weighted by Crippen LogP contribution is -2.17. The van der Waals surface area contributed by atoms with Gasteiger partial charge >= 0.3 is 0 Å². The normalized spacial score (nSPS) is 10.8. The van der Waals surface area contributed by atoms with Crippen LogP contribution in [0.4, 0.5) is 0 Å². The van der Waals surface area contributed by atoms with Gasteiger partial charge in [0.1, 0.15) is 11.6 Å². The molecule has 1 aromatic heterocycles. The van der Waals surface area contributed by atoms with Crippen LogP contribution in [0, 0.1) is 0 Å². The van der Waals surface area contributed by atoms with Gasteiger partial charge in [-0.1, -0.05) is 19.1 Å². The first-order chi connectivity index (χ1) is 9.71. The first-order valence-electron chi connectivity index (χ1n) is 6.82. The second-order valence-electron chi connectivity index (χ2n) is 4.88. The van der Waals surface area contributed by atoms with E-state index >= 15 is 0 Å². The van der Waals surface area contributed by atoms with E-state index in [0.717, 1.165) is 36.6 Å². The number of nitrogens with zero attached hydrogens (tertiary/aromatic N) is 3. The van der Waals surface area contributed by atoms with Crippen LogP contribution in [0.5, 0.6) is 5.75 Å². The zero-order chi connectivity index (χ0) is 14.4. The number of benzene rings is 1. The zero-order valence-corrected chi connectivity index (χ0v) is 12.3. The van der Waals surface area contributed by atoms with E-state index in [0.29, 0.717) is 0 Å². The van der Waals surface area contributed by atoms with E-state index in [1.807, 2.05) is 24.5 Å². The molecule has 0 atom stereocenters. The van der Waals surface area contributed by atoms with Crippen molar-refractivity contribution in [1.82, 2.24) is 14.9 Å². The smallest absolute Gasteiger partial charge is 0.127 e. The molecule has 0 radical (unpaired) electrons. The lowest BCUT2D eigenvalue weighted by atomic mass is 10.2. The second kappa shape index (κ2) is 7.01. The molecular formula is C16H21N3O. The second-order valence-corrected chi connectivity index (χ2v) is 4.88. The van der Waals surface area contributed by atoms with Gasteiger partial charge in [0, 0.05) is 37.5 Å². The van der Waals surface area contributed by atoms with Crippen LogP contribution in [0.2, 0.25) is 0 Å². The lowest BCUT2D eigenvalue weighted by Gasteiger charge is -2.17. The van der Waals surface area contributed by atoms with Gasteiger partial charge in [-0.05, 0) is 24.7 Å². The van der Waals surface area contributed by atoms with Crippen molar-refractivity contribution in [3.8, 4) is 5.75 Å². The highest BCUT2D eigenvalue weighted by Crippen LogP contribution is 2.14. The number of rotatable bonds is 6. The van der Waals surface area contributed by atoms with Crippen LogP contribution < -0.4 is 4.74 Å². The summed E-state index contributed by atoms with van der Waals surface area (Å²) in [5.41, 5.74) is 2.37. The van der Waals surface area contributed by atoms with Gasteiger partial charge in [0.05, 0.1) is 7.11 Å². The van der Waals surface area contributed by atoms with Crippen molar-refractivity contribution in [1.29, 1.82) is 0 Å². The van der Waals surface area contributed by atoms with Crippen molar-refractivity contribution in [2.45, 2.75) is 26.4 Å². The van der Waals surface area contributed by atoms with Crippen molar-refractivity contribution < 1.29 is 4.74 Å². The van der Waals surface area contributed by atoms with Crippen LogP contribution >= 0.6 is 0 Å². The number of ether oxygens (including phenoxy) is 1. The third-order valence-electron chi connectivity index (χ3n) is 3.11. The Kier molecular flexibility index (Phi) is 5.07. The molecule has 0 unspecified atom stereocenters. The molecule has 0 saturated heterocycles. The summed E-state index contributed by atoms with van der Waals surface area (Å²) in [6, 6.07) is 8.14. The van der Waals surface area contributed by atoms with Gasteiger partial charge in [-0.25, -0.2) is 9.97 Å². The summed E-state index contributed by atoms with van der Waals surface area (Å²) in [5, 5.41) is 0. The van der Waals surface area contributed by atoms with Crippen molar-refractivity contribution in [2.24, 2.45) is 0 Å². The van der Waals surface area contributed by atoms with E-state index in [9.17, 15) is 0 Å². The Hall–Kier alpha value is -1.94. The van der Waals surface area contributed by atoms with Gasteiger partial charge in [-0.3, -0.25) is 4.90 Å². The van der Waals surface area contributed by atoms with Crippen LogP contribution in [0.15, 0.2) is 36.7 Å². The molecule has 0 N–H and O–H groups in total. The molecule has 20 heavy (non-hydrogen) atoms. The van der Waals surface area contributed by atoms with Crippen molar-refractivity contribution in [3.63, 3.8) is 0 Å². The van der Waals surface area contributed by atoms with Crippen molar-refractivity contribution >= 4 is 0 Å². The Morgan fingerprint density at radius 2 is 1.80 bits per heavy atom. The molecule has 0 saturated carbocycles. The minimum Gasteiger partial charge on any atom is -0.497 e. The maximum absolute atomic E-state index is 5.24. The summed E-state index contributed by atoms with van der Waals surface area (Å²) in [7, 11) is 3.78. The molecule has 0 aliphatic heterocycles. The third-order valence-corrected chi connectivity index (χ3v) is 3.11. The Morgan fingerprint density at radius 3 is 2.45 bits per heavy atom. The minimum absolute atomic E-state index is 0.835. The Balaban J connectivity index is 1.95. The Morgan fingerprint density at radius 1 is 1.10 bits per heavy atom. The van der Waals surface area contributed by atoms with E-state index in [4.69, 9.17) is 4.74 Å². The summed E-state index contributed by atoms with van der Waals surface area (Å²) < 4.78 is 5.24. The fourth-order valence-electron chi connectivity index (χ4n) is 2.10. The van der Waals surface area contributed by atoms with Crippen LogP contribution in [-0.2, 0) is 19.5 Å². The largest absolute Gasteiger partial charge is 0.497 e. The van der Waals surface area contributed by atoms with Crippen LogP contribution in [0.25, 0.3) is 0 Å². The van der Waals surface area contributed by atoms with E-state index in [1.165, 1.54) is 5.56 Å². The molecule has 0 fully saturated rings. The summed E-state index contributed by atoms with van der Waals surface area (Å²) >= 11 is 0. The molecule has 106 valence electrons. The molecule has 0 bridgehead atoms. The average Bonchev–Trinajstić information content (AvgIpc) is 2.48. The number of aromatic nitrogens is 2. The van der Waals surface area contributed by atoms with Crippen molar-refractivity contribution in [3.05, 3.63) is 53.6 Å². The molecule has 0 spiro atoms. The van der Waals surface area contributed by atoms with Gasteiger partial charge in [0.15, 0.2) is 0 Å². The highest BCUT2D eigenvalue weighted by molar-refractivity contribution is 5.28. The average molecular weight is 271 g/mol. The molecule has 2 rings (SSSR count). The predicted octanol–water partition coefficient (Wildman–Crippen LogP) is 2.68. The van der Waals surface area contributed by atoms with E-state index in [1.54, 1.807) is 7.11 Å². The maximum atomic E-state index is 5.24. The first kappa shape index (κ1) is 14.5. The molecule has 0 aliphatic rings. The van der Waals surface area contributed by atoms with Gasteiger partial charge in [0.2, 0.25) is 0 Å². The number of hydrogen-bond donors (Lipinski definition) is 0. The number of methoxy groups -OCH3 is 1. The van der Waals surface area contributed by atoms with Gasteiger partial charge in [-0.15, -0.1) is 0 Å². The standard InChI is InChI=1S/C16H21N3O/c1-4-16-17-9-14(10-18-16)12-19(2)11-13-6-5-7-15(8-13)20-3/h5-10H,4,11-12H2,1-3H3. The van der Waals surface area contributed by atoms with Crippen LogP contribution in [-0.4, -0.2) is 29.0 Å². The van der Waals surface area contributed by atoms with E-state index < -0.39 is 0 Å². The highest BCUT2D eigenvalue weighted by Gasteiger charge is 2.04. The summed E-state index contributed by atoms with van der Waals surface area (Å²) in [6.45, 7) is 3.76. The summed E-state index contributed by atoms with van der Waals surface area (Å²) in [6.07, 6.45) is 4.70. The lowest BCUT2D eigenvalue weighted by molar-refractivity contribution is 0.317. The molecule has 2 aromatic rings. The predicted molar refractivity (Wildman–Crippen MR) is 79.6 cm³/mol. The number of aryl methyl sites for hydroxylation is 1. The molecule has 0 aliphatic carbocycles. The third kappa shape index (κ3) is 4.03. The first-order valence-corrected chi connectivity index (χ1v) is 6.82. The Bertz CT molecular complexity index is 540. The fraction of sp³-hybridized carbons (Fsp3) is 0.375. The fourth-order valence-corrected chi connectivity index (χ4v) is 2.10. The molecular weight excluding hydrogens is 250 g/mol. The summed E-state index contributed by atoms with van der Waals surface area (Å²) in [5.74, 6) is 1.79. The van der Waals surface area contributed by atoms with Gasteiger partial charge in [0.25, 0.3) is 0 Å². The Labute approximate surface area is 120 Å². The SMILES string of the molecule is CCc1ncc(CN(C)Cc2cccc(OC)c2)cn1.